The Morgan fingerprint density at radius 1 is 1.26 bits per heavy atom. The van der Waals surface area contributed by atoms with Gasteiger partial charge >= 0.3 is 5.97 Å². The van der Waals surface area contributed by atoms with Crippen LogP contribution in [0.2, 0.25) is 5.02 Å². The molecule has 0 saturated carbocycles. The van der Waals surface area contributed by atoms with Crippen LogP contribution in [0.5, 0.6) is 0 Å². The van der Waals surface area contributed by atoms with E-state index in [4.69, 9.17) is 16.3 Å². The van der Waals surface area contributed by atoms with Crippen LogP contribution >= 0.6 is 11.6 Å². The van der Waals surface area contributed by atoms with Crippen LogP contribution in [0.4, 0.5) is 5.82 Å². The number of benzene rings is 1. The maximum Gasteiger partial charge on any atom is 0.343 e. The Labute approximate surface area is 141 Å². The minimum absolute atomic E-state index is 0.0514. The molecular weight excluding hydrogens is 314 g/mol. The molecule has 1 aromatic carbocycles. The average Bonchev–Trinajstić information content (AvgIpc) is 2.54. The zero-order valence-electron chi connectivity index (χ0n) is 13.7. The second kappa shape index (κ2) is 7.42. The van der Waals surface area contributed by atoms with Gasteiger partial charge in [-0.15, -0.1) is 0 Å². The highest BCUT2D eigenvalue weighted by molar-refractivity contribution is 6.30. The number of esters is 1. The molecule has 2 aromatic rings. The second-order valence-corrected chi connectivity index (χ2v) is 5.72. The summed E-state index contributed by atoms with van der Waals surface area (Å²) in [6.45, 7) is 6.04. The summed E-state index contributed by atoms with van der Waals surface area (Å²) in [5.74, 6) is 0.647. The molecule has 0 saturated heterocycles. The number of carbonyl (C=O) groups is 1. The van der Waals surface area contributed by atoms with Crippen molar-refractivity contribution in [2.75, 3.05) is 19.0 Å². The fraction of sp³-hybridized carbons (Fsp3) is 0.353. The number of hydrogen-bond donors (Lipinski definition) is 1. The molecule has 1 heterocycles. The first-order valence-corrected chi connectivity index (χ1v) is 7.88. The van der Waals surface area contributed by atoms with E-state index < -0.39 is 5.97 Å². The maximum absolute atomic E-state index is 12.3. The normalized spacial score (nSPS) is 10.7. The van der Waals surface area contributed by atoms with Crippen molar-refractivity contribution in [3.05, 3.63) is 40.5 Å². The first-order chi connectivity index (χ1) is 11.0. The third kappa shape index (κ3) is 3.79. The van der Waals surface area contributed by atoms with E-state index in [1.54, 1.807) is 26.1 Å². The molecule has 122 valence electrons. The number of aromatic nitrogens is 2. The van der Waals surface area contributed by atoms with E-state index in [-0.39, 0.29) is 5.92 Å². The number of anilines is 1. The van der Waals surface area contributed by atoms with Crippen molar-refractivity contribution in [2.45, 2.75) is 26.7 Å². The highest BCUT2D eigenvalue weighted by atomic mass is 35.5. The van der Waals surface area contributed by atoms with Crippen molar-refractivity contribution >= 4 is 23.4 Å². The van der Waals surface area contributed by atoms with Crippen molar-refractivity contribution in [3.8, 4) is 11.4 Å². The molecule has 6 heteroatoms. The first kappa shape index (κ1) is 17.2. The number of ether oxygens (including phenoxy) is 1. The molecule has 0 amide bonds. The Balaban J connectivity index is 2.62. The monoisotopic (exact) mass is 333 g/mol. The molecule has 0 aliphatic rings. The minimum atomic E-state index is -0.414. The Kier molecular flexibility index (Phi) is 5.55. The number of rotatable bonds is 5. The molecule has 5 nitrogen and oxygen atoms in total. The standard InChI is InChI=1S/C17H20ClN3O2/c1-5-23-17(22)13-14(10(2)3)20-15(21-16(13)19-4)11-6-8-12(18)9-7-11/h6-10H,5H2,1-4H3,(H,19,20,21). The van der Waals surface area contributed by atoms with Crippen LogP contribution in [0, 0.1) is 0 Å². The number of carbonyl (C=O) groups excluding carboxylic acids is 1. The molecule has 0 atom stereocenters. The van der Waals surface area contributed by atoms with Gasteiger partial charge in [-0.2, -0.15) is 0 Å². The zero-order valence-corrected chi connectivity index (χ0v) is 14.4. The molecule has 2 rings (SSSR count). The van der Waals surface area contributed by atoms with Gasteiger partial charge in [0.1, 0.15) is 11.4 Å². The smallest absolute Gasteiger partial charge is 0.343 e. The lowest BCUT2D eigenvalue weighted by Gasteiger charge is -2.16. The van der Waals surface area contributed by atoms with Crippen LogP contribution in [-0.4, -0.2) is 29.6 Å². The van der Waals surface area contributed by atoms with Gasteiger partial charge < -0.3 is 10.1 Å². The highest BCUT2D eigenvalue weighted by Crippen LogP contribution is 2.28. The van der Waals surface area contributed by atoms with Gasteiger partial charge in [0.15, 0.2) is 5.82 Å². The second-order valence-electron chi connectivity index (χ2n) is 5.29. The average molecular weight is 334 g/mol. The van der Waals surface area contributed by atoms with Crippen molar-refractivity contribution in [1.29, 1.82) is 0 Å². The van der Waals surface area contributed by atoms with E-state index in [2.05, 4.69) is 15.3 Å². The van der Waals surface area contributed by atoms with Gasteiger partial charge in [-0.1, -0.05) is 25.4 Å². The summed E-state index contributed by atoms with van der Waals surface area (Å²) in [6, 6.07) is 7.28. The van der Waals surface area contributed by atoms with E-state index in [1.165, 1.54) is 0 Å². The Bertz CT molecular complexity index is 700. The summed E-state index contributed by atoms with van der Waals surface area (Å²) in [5.41, 5.74) is 1.89. The van der Waals surface area contributed by atoms with E-state index in [1.807, 2.05) is 26.0 Å². The maximum atomic E-state index is 12.3. The number of nitrogens with zero attached hydrogens (tertiary/aromatic N) is 2. The lowest BCUT2D eigenvalue weighted by molar-refractivity contribution is 0.0524. The number of nitrogens with one attached hydrogen (secondary N) is 1. The van der Waals surface area contributed by atoms with Crippen molar-refractivity contribution in [3.63, 3.8) is 0 Å². The van der Waals surface area contributed by atoms with Crippen LogP contribution in [0.1, 0.15) is 42.7 Å². The number of halogens is 1. The van der Waals surface area contributed by atoms with Crippen LogP contribution in [0.3, 0.4) is 0 Å². The van der Waals surface area contributed by atoms with Gasteiger partial charge in [0, 0.05) is 17.6 Å². The molecular formula is C17H20ClN3O2. The minimum Gasteiger partial charge on any atom is -0.462 e. The summed E-state index contributed by atoms with van der Waals surface area (Å²) < 4.78 is 5.15. The van der Waals surface area contributed by atoms with E-state index in [9.17, 15) is 4.79 Å². The molecule has 0 spiro atoms. The summed E-state index contributed by atoms with van der Waals surface area (Å²) in [7, 11) is 1.72. The van der Waals surface area contributed by atoms with Crippen LogP contribution in [0.25, 0.3) is 11.4 Å². The molecule has 0 radical (unpaired) electrons. The van der Waals surface area contributed by atoms with E-state index in [0.29, 0.717) is 34.5 Å². The third-order valence-corrected chi connectivity index (χ3v) is 3.55. The van der Waals surface area contributed by atoms with Crippen molar-refractivity contribution in [1.82, 2.24) is 9.97 Å². The Morgan fingerprint density at radius 2 is 1.91 bits per heavy atom. The van der Waals surface area contributed by atoms with Crippen molar-refractivity contribution < 1.29 is 9.53 Å². The molecule has 23 heavy (non-hydrogen) atoms. The van der Waals surface area contributed by atoms with Gasteiger partial charge in [-0.05, 0) is 37.1 Å². The molecule has 0 fully saturated rings. The summed E-state index contributed by atoms with van der Waals surface area (Å²) in [6.07, 6.45) is 0. The van der Waals surface area contributed by atoms with Gasteiger partial charge in [0.2, 0.25) is 0 Å². The zero-order chi connectivity index (χ0) is 17.0. The van der Waals surface area contributed by atoms with Gasteiger partial charge in [0.25, 0.3) is 0 Å². The van der Waals surface area contributed by atoms with Crippen LogP contribution in [-0.2, 0) is 4.74 Å². The van der Waals surface area contributed by atoms with E-state index >= 15 is 0 Å². The van der Waals surface area contributed by atoms with Crippen molar-refractivity contribution in [2.24, 2.45) is 0 Å². The molecule has 0 aliphatic heterocycles. The Hall–Kier alpha value is -2.14. The molecule has 1 aromatic heterocycles. The van der Waals surface area contributed by atoms with Gasteiger partial charge in [-0.25, -0.2) is 14.8 Å². The lowest BCUT2D eigenvalue weighted by atomic mass is 10.0. The third-order valence-electron chi connectivity index (χ3n) is 3.30. The first-order valence-electron chi connectivity index (χ1n) is 7.50. The van der Waals surface area contributed by atoms with Crippen LogP contribution < -0.4 is 5.32 Å². The van der Waals surface area contributed by atoms with Gasteiger partial charge in [0.05, 0.1) is 12.3 Å². The topological polar surface area (TPSA) is 64.1 Å². The van der Waals surface area contributed by atoms with Gasteiger partial charge in [-0.3, -0.25) is 0 Å². The fourth-order valence-electron chi connectivity index (χ4n) is 2.21. The molecule has 0 bridgehead atoms. The Morgan fingerprint density at radius 3 is 2.43 bits per heavy atom. The predicted molar refractivity (Wildman–Crippen MR) is 92.1 cm³/mol. The quantitative estimate of drug-likeness (QED) is 0.833. The molecule has 1 N–H and O–H groups in total. The highest BCUT2D eigenvalue weighted by Gasteiger charge is 2.23. The predicted octanol–water partition coefficient (Wildman–Crippen LogP) is 4.14. The summed E-state index contributed by atoms with van der Waals surface area (Å²) in [4.78, 5) is 21.3. The molecule has 0 unspecified atom stereocenters. The number of hydrogen-bond acceptors (Lipinski definition) is 5. The largest absolute Gasteiger partial charge is 0.462 e. The lowest BCUT2D eigenvalue weighted by Crippen LogP contribution is -2.16. The fourth-order valence-corrected chi connectivity index (χ4v) is 2.34. The van der Waals surface area contributed by atoms with E-state index in [0.717, 1.165) is 5.56 Å². The molecule has 0 aliphatic carbocycles. The summed E-state index contributed by atoms with van der Waals surface area (Å²) >= 11 is 5.93. The summed E-state index contributed by atoms with van der Waals surface area (Å²) in [5, 5.41) is 3.62. The SMILES string of the molecule is CCOC(=O)c1c(NC)nc(-c2ccc(Cl)cc2)nc1C(C)C. The van der Waals surface area contributed by atoms with Crippen LogP contribution in [0.15, 0.2) is 24.3 Å².